The van der Waals surface area contributed by atoms with E-state index in [2.05, 4.69) is 21.4 Å². The molecule has 1 amide bonds. The summed E-state index contributed by atoms with van der Waals surface area (Å²) in [7, 11) is 0. The summed E-state index contributed by atoms with van der Waals surface area (Å²) in [5.41, 5.74) is 4.72. The highest BCUT2D eigenvalue weighted by atomic mass is 35.5. The lowest BCUT2D eigenvalue weighted by Crippen LogP contribution is -2.42. The second-order valence-electron chi connectivity index (χ2n) is 9.45. The minimum absolute atomic E-state index is 0.336. The summed E-state index contributed by atoms with van der Waals surface area (Å²) in [5.74, 6) is 2.30. The molecule has 1 saturated heterocycles. The molecule has 2 fully saturated rings. The van der Waals surface area contributed by atoms with Gasteiger partial charge in [0.1, 0.15) is 5.82 Å². The Morgan fingerprint density at radius 3 is 2.81 bits per heavy atom. The molecule has 32 heavy (non-hydrogen) atoms. The highest BCUT2D eigenvalue weighted by molar-refractivity contribution is 6.33. The zero-order valence-corrected chi connectivity index (χ0v) is 19.5. The Morgan fingerprint density at radius 2 is 2.03 bits per heavy atom. The van der Waals surface area contributed by atoms with Crippen molar-refractivity contribution >= 4 is 29.0 Å². The third kappa shape index (κ3) is 4.46. The van der Waals surface area contributed by atoms with Crippen LogP contribution in [0.3, 0.4) is 0 Å². The van der Waals surface area contributed by atoms with Crippen molar-refractivity contribution in [2.75, 3.05) is 25.0 Å². The normalized spacial score (nSPS) is 18.8. The monoisotopic (exact) mass is 451 g/mol. The van der Waals surface area contributed by atoms with Gasteiger partial charge in [0, 0.05) is 43.2 Å². The molecule has 0 bridgehead atoms. The summed E-state index contributed by atoms with van der Waals surface area (Å²) < 4.78 is 1.86. The zero-order chi connectivity index (χ0) is 22.2. The van der Waals surface area contributed by atoms with E-state index in [1.54, 1.807) is 0 Å². The first-order valence-corrected chi connectivity index (χ1v) is 12.0. The van der Waals surface area contributed by atoms with Crippen molar-refractivity contribution in [3.8, 4) is 11.3 Å². The van der Waals surface area contributed by atoms with E-state index >= 15 is 0 Å². The van der Waals surface area contributed by atoms with Crippen LogP contribution in [0.15, 0.2) is 30.5 Å². The Bertz CT molecular complexity index is 1150. The van der Waals surface area contributed by atoms with Gasteiger partial charge < -0.3 is 10.2 Å². The van der Waals surface area contributed by atoms with Crippen LogP contribution in [0.1, 0.15) is 43.2 Å². The molecule has 2 aromatic heterocycles. The lowest BCUT2D eigenvalue weighted by atomic mass is 9.97. The van der Waals surface area contributed by atoms with E-state index in [1.165, 1.54) is 12.8 Å². The SMILES string of the molecule is Cc1ccc(-c2cc(NCC3CCCN(C(=O)CC4CC4)C3)n3ncc(C)c3n2)c(Cl)c1. The molecule has 3 heterocycles. The predicted molar refractivity (Wildman–Crippen MR) is 128 cm³/mol. The number of rotatable bonds is 6. The lowest BCUT2D eigenvalue weighted by Gasteiger charge is -2.33. The minimum Gasteiger partial charge on any atom is -0.370 e. The third-order valence-electron chi connectivity index (χ3n) is 6.65. The Hall–Kier alpha value is -2.60. The van der Waals surface area contributed by atoms with E-state index in [0.717, 1.165) is 72.7 Å². The first-order chi connectivity index (χ1) is 15.5. The first kappa shape index (κ1) is 21.3. The van der Waals surface area contributed by atoms with Crippen LogP contribution in [-0.4, -0.2) is 45.0 Å². The van der Waals surface area contributed by atoms with Gasteiger partial charge in [-0.15, -0.1) is 0 Å². The van der Waals surface area contributed by atoms with Gasteiger partial charge in [0.25, 0.3) is 0 Å². The fraction of sp³-hybridized carbons (Fsp3) is 0.480. The van der Waals surface area contributed by atoms with Gasteiger partial charge in [0.05, 0.1) is 16.9 Å². The van der Waals surface area contributed by atoms with Crippen LogP contribution >= 0.6 is 11.6 Å². The van der Waals surface area contributed by atoms with E-state index in [0.29, 0.717) is 22.8 Å². The van der Waals surface area contributed by atoms with Crippen molar-refractivity contribution < 1.29 is 4.79 Å². The van der Waals surface area contributed by atoms with Crippen LogP contribution in [0.4, 0.5) is 5.82 Å². The van der Waals surface area contributed by atoms with Crippen molar-refractivity contribution in [2.24, 2.45) is 11.8 Å². The standard InChI is InChI=1S/C25H30ClN5O/c1-16-5-8-20(21(26)10-16)22-12-23(31-25(29-22)17(2)13-28-31)27-14-19-4-3-9-30(15-19)24(32)11-18-6-7-18/h5,8,10,12-13,18-19,27H,3-4,6-7,9,11,14-15H2,1-2H3. The summed E-state index contributed by atoms with van der Waals surface area (Å²) in [6, 6.07) is 8.07. The smallest absolute Gasteiger partial charge is 0.222 e. The van der Waals surface area contributed by atoms with Gasteiger partial charge in [0.2, 0.25) is 5.91 Å². The number of amides is 1. The highest BCUT2D eigenvalue weighted by Crippen LogP contribution is 2.34. The van der Waals surface area contributed by atoms with E-state index in [4.69, 9.17) is 16.6 Å². The molecule has 0 spiro atoms. The first-order valence-electron chi connectivity index (χ1n) is 11.6. The molecule has 7 heteroatoms. The number of aryl methyl sites for hydroxylation is 2. The number of piperidine rings is 1. The molecule has 2 aliphatic rings. The third-order valence-corrected chi connectivity index (χ3v) is 6.97. The number of carbonyl (C=O) groups excluding carboxylic acids is 1. The van der Waals surface area contributed by atoms with Gasteiger partial charge in [-0.3, -0.25) is 4.79 Å². The summed E-state index contributed by atoms with van der Waals surface area (Å²) >= 11 is 6.55. The van der Waals surface area contributed by atoms with Gasteiger partial charge in [-0.1, -0.05) is 23.7 Å². The van der Waals surface area contributed by atoms with Crippen molar-refractivity contribution in [3.05, 3.63) is 46.6 Å². The Balaban J connectivity index is 1.36. The van der Waals surface area contributed by atoms with E-state index in [1.807, 2.05) is 42.8 Å². The van der Waals surface area contributed by atoms with Crippen LogP contribution in [0.2, 0.25) is 5.02 Å². The molecule has 6 nitrogen and oxygen atoms in total. The summed E-state index contributed by atoms with van der Waals surface area (Å²) in [4.78, 5) is 19.5. The second-order valence-corrected chi connectivity index (χ2v) is 9.86. The molecule has 3 aromatic rings. The Morgan fingerprint density at radius 1 is 1.19 bits per heavy atom. The van der Waals surface area contributed by atoms with Crippen molar-refractivity contribution in [2.45, 2.75) is 46.0 Å². The maximum Gasteiger partial charge on any atom is 0.222 e. The summed E-state index contributed by atoms with van der Waals surface area (Å²) in [6.07, 6.45) is 7.21. The Kier molecular flexibility index (Phi) is 5.80. The fourth-order valence-corrected chi connectivity index (χ4v) is 4.90. The molecule has 1 aromatic carbocycles. The van der Waals surface area contributed by atoms with Crippen LogP contribution in [0.5, 0.6) is 0 Å². The van der Waals surface area contributed by atoms with Crippen LogP contribution in [0, 0.1) is 25.7 Å². The van der Waals surface area contributed by atoms with Crippen LogP contribution < -0.4 is 5.32 Å². The maximum absolute atomic E-state index is 12.6. The van der Waals surface area contributed by atoms with Crippen molar-refractivity contribution in [1.29, 1.82) is 0 Å². The van der Waals surface area contributed by atoms with E-state index in [-0.39, 0.29) is 0 Å². The number of hydrogen-bond donors (Lipinski definition) is 1. The van der Waals surface area contributed by atoms with Gasteiger partial charge in [0.15, 0.2) is 5.65 Å². The number of anilines is 1. The molecule has 1 atom stereocenters. The van der Waals surface area contributed by atoms with Crippen LogP contribution in [0.25, 0.3) is 16.9 Å². The topological polar surface area (TPSA) is 62.5 Å². The number of halogens is 1. The molecule has 1 N–H and O–H groups in total. The maximum atomic E-state index is 12.6. The molecule has 1 aliphatic carbocycles. The van der Waals surface area contributed by atoms with Gasteiger partial charge >= 0.3 is 0 Å². The van der Waals surface area contributed by atoms with Crippen molar-refractivity contribution in [1.82, 2.24) is 19.5 Å². The second kappa shape index (κ2) is 8.74. The van der Waals surface area contributed by atoms with Gasteiger partial charge in [-0.2, -0.15) is 9.61 Å². The predicted octanol–water partition coefficient (Wildman–Crippen LogP) is 5.12. The number of likely N-dealkylation sites (tertiary alicyclic amines) is 1. The number of carbonyl (C=O) groups is 1. The largest absolute Gasteiger partial charge is 0.370 e. The quantitative estimate of drug-likeness (QED) is 0.565. The Labute approximate surface area is 194 Å². The molecular weight excluding hydrogens is 422 g/mol. The summed E-state index contributed by atoms with van der Waals surface area (Å²) in [5, 5.41) is 8.83. The van der Waals surface area contributed by atoms with Crippen molar-refractivity contribution in [3.63, 3.8) is 0 Å². The average Bonchev–Trinajstić information content (AvgIpc) is 3.52. The van der Waals surface area contributed by atoms with E-state index in [9.17, 15) is 4.79 Å². The fourth-order valence-electron chi connectivity index (χ4n) is 4.57. The van der Waals surface area contributed by atoms with Gasteiger partial charge in [-0.25, -0.2) is 4.98 Å². The summed E-state index contributed by atoms with van der Waals surface area (Å²) in [6.45, 7) is 6.58. The number of fused-ring (bicyclic) bond motifs is 1. The molecule has 5 rings (SSSR count). The lowest BCUT2D eigenvalue weighted by molar-refractivity contribution is -0.133. The number of nitrogens with zero attached hydrogens (tertiary/aromatic N) is 4. The molecule has 1 saturated carbocycles. The molecule has 168 valence electrons. The average molecular weight is 452 g/mol. The van der Waals surface area contributed by atoms with Crippen LogP contribution in [-0.2, 0) is 4.79 Å². The number of nitrogens with one attached hydrogen (secondary N) is 1. The number of benzene rings is 1. The number of aromatic nitrogens is 3. The molecule has 1 aliphatic heterocycles. The molecular formula is C25H30ClN5O. The van der Waals surface area contributed by atoms with Gasteiger partial charge in [-0.05, 0) is 63.0 Å². The molecule has 1 unspecified atom stereocenters. The molecule has 0 radical (unpaired) electrons. The highest BCUT2D eigenvalue weighted by Gasteiger charge is 2.29. The zero-order valence-electron chi connectivity index (χ0n) is 18.8. The minimum atomic E-state index is 0.336. The number of hydrogen-bond acceptors (Lipinski definition) is 4. The van der Waals surface area contributed by atoms with E-state index < -0.39 is 0 Å².